The number of hydrogen-bond acceptors (Lipinski definition) is 3. The van der Waals surface area contributed by atoms with E-state index >= 15 is 0 Å². The molecule has 0 aliphatic carbocycles. The molecule has 2 aromatic carbocycles. The van der Waals surface area contributed by atoms with Crippen molar-refractivity contribution in [1.82, 2.24) is 9.97 Å². The average Bonchev–Trinajstić information content (AvgIpc) is 2.95. The minimum Gasteiger partial charge on any atom is -0.333 e. The molecule has 0 saturated carbocycles. The van der Waals surface area contributed by atoms with E-state index in [0.29, 0.717) is 11.7 Å². The number of aromatic nitrogens is 2. The zero-order chi connectivity index (χ0) is 18.0. The van der Waals surface area contributed by atoms with Crippen LogP contribution in [0.25, 0.3) is 11.0 Å². The number of imidazole rings is 1. The van der Waals surface area contributed by atoms with Gasteiger partial charge in [0.25, 0.3) is 0 Å². The van der Waals surface area contributed by atoms with Crippen LogP contribution in [-0.2, 0) is 4.79 Å². The molecule has 130 valence electrons. The van der Waals surface area contributed by atoms with Gasteiger partial charge < -0.3 is 10.3 Å². The quantitative estimate of drug-likeness (QED) is 0.632. The van der Waals surface area contributed by atoms with Gasteiger partial charge in [-0.3, -0.25) is 4.79 Å². The van der Waals surface area contributed by atoms with Crippen LogP contribution < -0.4 is 5.32 Å². The number of thioether (sulfide) groups is 1. The molecule has 3 aromatic rings. The molecule has 0 unspecified atom stereocenters. The molecule has 0 bridgehead atoms. The number of hydrogen-bond donors (Lipinski definition) is 2. The first kappa shape index (κ1) is 17.5. The summed E-state index contributed by atoms with van der Waals surface area (Å²) in [5, 5.41) is 3.70. The van der Waals surface area contributed by atoms with Gasteiger partial charge in [0.15, 0.2) is 5.16 Å². The Hall–Kier alpha value is -2.27. The number of nitrogens with zero attached hydrogens (tertiary/aromatic N) is 1. The number of fused-ring (bicyclic) bond motifs is 1. The molecular formula is C20H23N3OS. The minimum absolute atomic E-state index is 0.0323. The Bertz CT molecular complexity index is 858. The van der Waals surface area contributed by atoms with E-state index in [1.54, 1.807) is 0 Å². The zero-order valence-electron chi connectivity index (χ0n) is 15.0. The summed E-state index contributed by atoms with van der Waals surface area (Å²) >= 11 is 1.41. The number of benzene rings is 2. The van der Waals surface area contributed by atoms with E-state index in [1.807, 2.05) is 12.1 Å². The topological polar surface area (TPSA) is 57.8 Å². The third kappa shape index (κ3) is 4.23. The molecule has 0 aliphatic rings. The molecule has 0 atom stereocenters. The molecule has 4 nitrogen and oxygen atoms in total. The molecule has 1 amide bonds. The summed E-state index contributed by atoms with van der Waals surface area (Å²) in [5.41, 5.74) is 6.49. The highest BCUT2D eigenvalue weighted by atomic mass is 32.2. The van der Waals surface area contributed by atoms with Crippen molar-refractivity contribution in [2.75, 3.05) is 11.1 Å². The van der Waals surface area contributed by atoms with Crippen LogP contribution in [0.15, 0.2) is 41.6 Å². The van der Waals surface area contributed by atoms with Crippen molar-refractivity contribution in [3.63, 3.8) is 0 Å². The molecule has 0 radical (unpaired) electrons. The van der Waals surface area contributed by atoms with Crippen molar-refractivity contribution < 1.29 is 4.79 Å². The molecule has 1 aromatic heterocycles. The van der Waals surface area contributed by atoms with Crippen molar-refractivity contribution in [1.29, 1.82) is 0 Å². The third-order valence-electron chi connectivity index (χ3n) is 4.28. The lowest BCUT2D eigenvalue weighted by molar-refractivity contribution is -0.113. The Labute approximate surface area is 152 Å². The van der Waals surface area contributed by atoms with Gasteiger partial charge in [0.05, 0.1) is 16.8 Å². The van der Waals surface area contributed by atoms with Crippen LogP contribution in [0.3, 0.4) is 0 Å². The molecule has 3 rings (SSSR count). The van der Waals surface area contributed by atoms with E-state index in [2.05, 4.69) is 67.2 Å². The molecule has 5 heteroatoms. The zero-order valence-corrected chi connectivity index (χ0v) is 15.8. The standard InChI is InChI=1S/C20H23N3OS/c1-12(2)15-5-7-16(8-6-15)21-19(24)11-25-20-22-17-9-13(3)14(4)10-18(17)23-20/h5-10,12H,11H2,1-4H3,(H,21,24)(H,22,23). The van der Waals surface area contributed by atoms with Gasteiger partial charge >= 0.3 is 0 Å². The fourth-order valence-electron chi connectivity index (χ4n) is 2.60. The highest BCUT2D eigenvalue weighted by Crippen LogP contribution is 2.23. The first-order chi connectivity index (χ1) is 11.9. The van der Waals surface area contributed by atoms with Gasteiger partial charge in [-0.25, -0.2) is 4.98 Å². The Morgan fingerprint density at radius 3 is 2.52 bits per heavy atom. The minimum atomic E-state index is -0.0323. The highest BCUT2D eigenvalue weighted by Gasteiger charge is 2.09. The predicted octanol–water partition coefficient (Wildman–Crippen LogP) is 5.03. The molecular weight excluding hydrogens is 330 g/mol. The smallest absolute Gasteiger partial charge is 0.234 e. The van der Waals surface area contributed by atoms with Gasteiger partial charge in [0.1, 0.15) is 0 Å². The van der Waals surface area contributed by atoms with Crippen LogP contribution in [0.1, 0.15) is 36.5 Å². The lowest BCUT2D eigenvalue weighted by Crippen LogP contribution is -2.14. The van der Waals surface area contributed by atoms with E-state index in [1.165, 1.54) is 28.5 Å². The number of amides is 1. The summed E-state index contributed by atoms with van der Waals surface area (Å²) < 4.78 is 0. The van der Waals surface area contributed by atoms with Crippen LogP contribution in [0.5, 0.6) is 0 Å². The van der Waals surface area contributed by atoms with Gasteiger partial charge in [-0.15, -0.1) is 0 Å². The summed E-state index contributed by atoms with van der Waals surface area (Å²) in [6.07, 6.45) is 0. The number of H-pyrrole nitrogens is 1. The van der Waals surface area contributed by atoms with Crippen LogP contribution >= 0.6 is 11.8 Å². The van der Waals surface area contributed by atoms with Gasteiger partial charge in [0.2, 0.25) is 5.91 Å². The van der Waals surface area contributed by atoms with E-state index in [4.69, 9.17) is 0 Å². The monoisotopic (exact) mass is 353 g/mol. The molecule has 25 heavy (non-hydrogen) atoms. The van der Waals surface area contributed by atoms with Crippen molar-refractivity contribution in [2.45, 2.75) is 38.8 Å². The molecule has 0 saturated heterocycles. The SMILES string of the molecule is Cc1cc2nc(SCC(=O)Nc3ccc(C(C)C)cc3)[nH]c2cc1C. The Balaban J connectivity index is 1.60. The van der Waals surface area contributed by atoms with Gasteiger partial charge in [-0.05, 0) is 60.7 Å². The van der Waals surface area contributed by atoms with E-state index in [9.17, 15) is 4.79 Å². The van der Waals surface area contributed by atoms with Crippen LogP contribution in [-0.4, -0.2) is 21.6 Å². The summed E-state index contributed by atoms with van der Waals surface area (Å²) in [6, 6.07) is 12.2. The van der Waals surface area contributed by atoms with E-state index < -0.39 is 0 Å². The maximum absolute atomic E-state index is 12.2. The first-order valence-electron chi connectivity index (χ1n) is 8.42. The maximum atomic E-state index is 12.2. The third-order valence-corrected chi connectivity index (χ3v) is 5.15. The highest BCUT2D eigenvalue weighted by molar-refractivity contribution is 7.99. The summed E-state index contributed by atoms with van der Waals surface area (Å²) in [6.45, 7) is 8.47. The fraction of sp³-hybridized carbons (Fsp3) is 0.300. The van der Waals surface area contributed by atoms with Crippen LogP contribution in [0.2, 0.25) is 0 Å². The molecule has 1 heterocycles. The van der Waals surface area contributed by atoms with Crippen molar-refractivity contribution in [2.24, 2.45) is 0 Å². The number of rotatable bonds is 5. The predicted molar refractivity (Wildman–Crippen MR) is 105 cm³/mol. The van der Waals surface area contributed by atoms with E-state index in [0.717, 1.165) is 21.9 Å². The maximum Gasteiger partial charge on any atom is 0.234 e. The van der Waals surface area contributed by atoms with Crippen molar-refractivity contribution in [3.05, 3.63) is 53.1 Å². The molecule has 0 fully saturated rings. The fourth-order valence-corrected chi connectivity index (χ4v) is 3.28. The number of nitrogens with one attached hydrogen (secondary N) is 2. The molecule has 2 N–H and O–H groups in total. The number of anilines is 1. The average molecular weight is 353 g/mol. The number of carbonyl (C=O) groups is 1. The van der Waals surface area contributed by atoms with Crippen LogP contribution in [0, 0.1) is 13.8 Å². The number of carbonyl (C=O) groups excluding carboxylic acids is 1. The Kier molecular flexibility index (Phi) is 5.13. The van der Waals surface area contributed by atoms with E-state index in [-0.39, 0.29) is 5.91 Å². The lowest BCUT2D eigenvalue weighted by Gasteiger charge is -2.08. The van der Waals surface area contributed by atoms with Gasteiger partial charge in [-0.2, -0.15) is 0 Å². The summed E-state index contributed by atoms with van der Waals surface area (Å²) in [4.78, 5) is 20.0. The van der Waals surface area contributed by atoms with Crippen LogP contribution in [0.4, 0.5) is 5.69 Å². The normalized spacial score (nSPS) is 11.2. The largest absolute Gasteiger partial charge is 0.333 e. The Morgan fingerprint density at radius 1 is 1.16 bits per heavy atom. The lowest BCUT2D eigenvalue weighted by atomic mass is 10.0. The summed E-state index contributed by atoms with van der Waals surface area (Å²) in [5.74, 6) is 0.778. The summed E-state index contributed by atoms with van der Waals surface area (Å²) in [7, 11) is 0. The van der Waals surface area contributed by atoms with Gasteiger partial charge in [0, 0.05) is 5.69 Å². The second kappa shape index (κ2) is 7.31. The number of aromatic amines is 1. The first-order valence-corrected chi connectivity index (χ1v) is 9.40. The van der Waals surface area contributed by atoms with Gasteiger partial charge in [-0.1, -0.05) is 37.7 Å². The number of aryl methyl sites for hydroxylation is 2. The second-order valence-corrected chi connectivity index (χ2v) is 7.57. The van der Waals surface area contributed by atoms with Crippen molar-refractivity contribution in [3.8, 4) is 0 Å². The molecule has 0 aliphatic heterocycles. The second-order valence-electron chi connectivity index (χ2n) is 6.61. The molecule has 0 spiro atoms. The Morgan fingerprint density at radius 2 is 1.84 bits per heavy atom. The van der Waals surface area contributed by atoms with Crippen molar-refractivity contribution >= 4 is 34.4 Å².